The molecule has 1 aromatic carbocycles. The molecule has 0 heterocycles. The Balaban J connectivity index is 2.16. The molecule has 0 aliphatic heterocycles. The van der Waals surface area contributed by atoms with E-state index in [1.807, 2.05) is 11.8 Å². The Hall–Kier alpha value is -0.470. The fraction of sp³-hybridized carbons (Fsp3) is 0.571. The van der Waals surface area contributed by atoms with Crippen molar-refractivity contribution < 1.29 is 0 Å². The summed E-state index contributed by atoms with van der Waals surface area (Å²) >= 11 is 1.96. The van der Waals surface area contributed by atoms with Gasteiger partial charge in [0.25, 0.3) is 0 Å². The molecule has 0 saturated heterocycles. The Morgan fingerprint density at radius 3 is 2.94 bits per heavy atom. The van der Waals surface area contributed by atoms with Crippen LogP contribution >= 0.6 is 11.8 Å². The molecule has 2 heteroatoms. The van der Waals surface area contributed by atoms with Crippen molar-refractivity contribution in [2.75, 3.05) is 19.1 Å². The van der Waals surface area contributed by atoms with Crippen LogP contribution in [0.4, 0.5) is 0 Å². The first-order chi connectivity index (χ1) is 7.86. The molecule has 1 nitrogen and oxygen atoms in total. The zero-order chi connectivity index (χ0) is 11.4. The van der Waals surface area contributed by atoms with Gasteiger partial charge in [-0.15, -0.1) is 0 Å². The Morgan fingerprint density at radius 2 is 2.19 bits per heavy atom. The topological polar surface area (TPSA) is 12.0 Å². The first kappa shape index (κ1) is 12.0. The predicted octanol–water partition coefficient (Wildman–Crippen LogP) is 3.26. The van der Waals surface area contributed by atoms with Crippen molar-refractivity contribution in [2.24, 2.45) is 5.92 Å². The quantitative estimate of drug-likeness (QED) is 0.859. The van der Waals surface area contributed by atoms with Gasteiger partial charge in [-0.1, -0.05) is 24.3 Å². The normalized spacial score (nSPS) is 24.1. The lowest BCUT2D eigenvalue weighted by Gasteiger charge is -2.33. The van der Waals surface area contributed by atoms with E-state index in [1.54, 1.807) is 5.56 Å². The van der Waals surface area contributed by atoms with Crippen LogP contribution in [0.2, 0.25) is 0 Å². The van der Waals surface area contributed by atoms with Crippen LogP contribution in [-0.2, 0) is 6.42 Å². The molecule has 0 spiro atoms. The molecule has 0 saturated carbocycles. The lowest BCUT2D eigenvalue weighted by molar-refractivity contribution is 0.330. The van der Waals surface area contributed by atoms with E-state index in [0.29, 0.717) is 6.04 Å². The molecule has 0 radical (unpaired) electrons. The maximum atomic E-state index is 3.51. The number of hydrogen-bond acceptors (Lipinski definition) is 2. The van der Waals surface area contributed by atoms with Crippen molar-refractivity contribution >= 4 is 11.8 Å². The molecule has 0 fully saturated rings. The average molecular weight is 235 g/mol. The van der Waals surface area contributed by atoms with E-state index in [4.69, 9.17) is 0 Å². The smallest absolute Gasteiger partial charge is 0.0349 e. The highest BCUT2D eigenvalue weighted by Gasteiger charge is 2.27. The van der Waals surface area contributed by atoms with Crippen molar-refractivity contribution in [2.45, 2.75) is 25.3 Å². The fourth-order valence-corrected chi connectivity index (χ4v) is 3.34. The largest absolute Gasteiger partial charge is 0.313 e. The number of fused-ring (bicyclic) bond motifs is 1. The summed E-state index contributed by atoms with van der Waals surface area (Å²) in [6.07, 6.45) is 6.13. The number of thioether (sulfide) groups is 1. The number of rotatable bonds is 4. The van der Waals surface area contributed by atoms with Crippen molar-refractivity contribution in [1.82, 2.24) is 5.32 Å². The van der Waals surface area contributed by atoms with Crippen molar-refractivity contribution in [3.8, 4) is 0 Å². The van der Waals surface area contributed by atoms with Crippen LogP contribution < -0.4 is 5.32 Å². The highest BCUT2D eigenvalue weighted by molar-refractivity contribution is 7.98. The van der Waals surface area contributed by atoms with Crippen molar-refractivity contribution in [3.05, 3.63) is 35.4 Å². The van der Waals surface area contributed by atoms with Gasteiger partial charge in [0.2, 0.25) is 0 Å². The standard InChI is InChI=1S/C14H21NS/c1-15-14-12(9-10-16-2)8-7-11-5-3-4-6-13(11)14/h3-6,12,14-15H,7-10H2,1-2H3. The molecule has 1 aliphatic rings. The lowest BCUT2D eigenvalue weighted by Crippen LogP contribution is -2.30. The monoisotopic (exact) mass is 235 g/mol. The minimum Gasteiger partial charge on any atom is -0.313 e. The van der Waals surface area contributed by atoms with Crippen LogP contribution in [0.25, 0.3) is 0 Å². The van der Waals surface area contributed by atoms with Crippen LogP contribution in [0.15, 0.2) is 24.3 Å². The maximum Gasteiger partial charge on any atom is 0.0349 e. The fourth-order valence-electron chi connectivity index (χ4n) is 2.80. The van der Waals surface area contributed by atoms with Gasteiger partial charge in [-0.25, -0.2) is 0 Å². The van der Waals surface area contributed by atoms with Gasteiger partial charge in [0, 0.05) is 6.04 Å². The second kappa shape index (κ2) is 5.74. The molecule has 2 atom stereocenters. The van der Waals surface area contributed by atoms with Crippen LogP contribution in [0.1, 0.15) is 30.0 Å². The minimum absolute atomic E-state index is 0.567. The van der Waals surface area contributed by atoms with Crippen molar-refractivity contribution in [1.29, 1.82) is 0 Å². The molecule has 16 heavy (non-hydrogen) atoms. The summed E-state index contributed by atoms with van der Waals surface area (Å²) in [5.41, 5.74) is 3.07. The molecule has 0 amide bonds. The molecule has 0 bridgehead atoms. The highest BCUT2D eigenvalue weighted by Crippen LogP contribution is 2.36. The summed E-state index contributed by atoms with van der Waals surface area (Å²) in [4.78, 5) is 0. The maximum absolute atomic E-state index is 3.51. The second-order valence-electron chi connectivity index (χ2n) is 4.55. The first-order valence-corrected chi connectivity index (χ1v) is 7.50. The number of nitrogens with one attached hydrogen (secondary N) is 1. The third-order valence-electron chi connectivity index (χ3n) is 3.65. The molecule has 1 aromatic rings. The van der Waals surface area contributed by atoms with Crippen molar-refractivity contribution in [3.63, 3.8) is 0 Å². The zero-order valence-corrected chi connectivity index (χ0v) is 11.0. The first-order valence-electron chi connectivity index (χ1n) is 6.11. The molecular formula is C14H21NS. The Bertz CT molecular complexity index is 337. The minimum atomic E-state index is 0.567. The molecule has 0 aromatic heterocycles. The SMILES string of the molecule is CNC1c2ccccc2CCC1CCSC. The van der Waals surface area contributed by atoms with Gasteiger partial charge in [0.1, 0.15) is 0 Å². The van der Waals surface area contributed by atoms with Gasteiger partial charge in [-0.05, 0) is 55.4 Å². The third kappa shape index (κ3) is 2.44. The molecule has 2 unspecified atom stereocenters. The lowest BCUT2D eigenvalue weighted by atomic mass is 9.78. The number of hydrogen-bond donors (Lipinski definition) is 1. The van der Waals surface area contributed by atoms with Gasteiger partial charge in [-0.2, -0.15) is 11.8 Å². The van der Waals surface area contributed by atoms with E-state index < -0.39 is 0 Å². The van der Waals surface area contributed by atoms with Crippen LogP contribution in [0.3, 0.4) is 0 Å². The van der Waals surface area contributed by atoms with E-state index in [9.17, 15) is 0 Å². The van der Waals surface area contributed by atoms with E-state index in [0.717, 1.165) is 5.92 Å². The van der Waals surface area contributed by atoms with Gasteiger partial charge >= 0.3 is 0 Å². The van der Waals surface area contributed by atoms with E-state index in [1.165, 1.54) is 30.6 Å². The second-order valence-corrected chi connectivity index (χ2v) is 5.53. The van der Waals surface area contributed by atoms with Gasteiger partial charge in [-0.3, -0.25) is 0 Å². The molecular weight excluding hydrogens is 214 g/mol. The number of aryl methyl sites for hydroxylation is 1. The summed E-state index contributed by atoms with van der Waals surface area (Å²) in [5.74, 6) is 2.10. The third-order valence-corrected chi connectivity index (χ3v) is 4.29. The summed E-state index contributed by atoms with van der Waals surface area (Å²) in [5, 5.41) is 3.51. The van der Waals surface area contributed by atoms with Gasteiger partial charge in [0.15, 0.2) is 0 Å². The molecule has 2 rings (SSSR count). The van der Waals surface area contributed by atoms with E-state index in [-0.39, 0.29) is 0 Å². The molecule has 1 aliphatic carbocycles. The zero-order valence-electron chi connectivity index (χ0n) is 10.2. The summed E-state index contributed by atoms with van der Waals surface area (Å²) in [7, 11) is 2.10. The molecule has 1 N–H and O–H groups in total. The van der Waals surface area contributed by atoms with Crippen LogP contribution in [-0.4, -0.2) is 19.1 Å². The predicted molar refractivity (Wildman–Crippen MR) is 73.1 cm³/mol. The van der Waals surface area contributed by atoms with Crippen LogP contribution in [0.5, 0.6) is 0 Å². The highest BCUT2D eigenvalue weighted by atomic mass is 32.2. The van der Waals surface area contributed by atoms with E-state index >= 15 is 0 Å². The van der Waals surface area contributed by atoms with Crippen LogP contribution in [0, 0.1) is 5.92 Å². The van der Waals surface area contributed by atoms with E-state index in [2.05, 4.69) is 42.9 Å². The summed E-state index contributed by atoms with van der Waals surface area (Å²) in [6.45, 7) is 0. The average Bonchev–Trinajstić information content (AvgIpc) is 2.35. The summed E-state index contributed by atoms with van der Waals surface area (Å²) in [6, 6.07) is 9.47. The van der Waals surface area contributed by atoms with Gasteiger partial charge < -0.3 is 5.32 Å². The Morgan fingerprint density at radius 1 is 1.38 bits per heavy atom. The number of benzene rings is 1. The Labute approximate surface area is 103 Å². The Kier molecular flexibility index (Phi) is 4.30. The van der Waals surface area contributed by atoms with Gasteiger partial charge in [0.05, 0.1) is 0 Å². The molecule has 88 valence electrons. The summed E-state index contributed by atoms with van der Waals surface area (Å²) < 4.78 is 0.